The molecule has 1 saturated carbocycles. The molecule has 5 rings (SSSR count). The summed E-state index contributed by atoms with van der Waals surface area (Å²) in [4.78, 5) is 11.5. The van der Waals surface area contributed by atoms with Gasteiger partial charge in [-0.05, 0) is 38.0 Å². The van der Waals surface area contributed by atoms with Gasteiger partial charge >= 0.3 is 6.18 Å². The van der Waals surface area contributed by atoms with Gasteiger partial charge in [0.25, 0.3) is 5.79 Å². The van der Waals surface area contributed by atoms with Gasteiger partial charge in [0.2, 0.25) is 5.79 Å². The normalized spacial score (nSPS) is 52.3. The first-order chi connectivity index (χ1) is 12.6. The number of nitrogens with two attached hydrogens (primary N) is 1. The molecule has 6 nitrogen and oxygen atoms in total. The number of rotatable bonds is 3. The maximum atomic E-state index is 14.2. The quantitative estimate of drug-likeness (QED) is 0.741. The van der Waals surface area contributed by atoms with Crippen LogP contribution < -0.4 is 5.73 Å². The Labute approximate surface area is 156 Å². The molecule has 0 aromatic carbocycles. The topological polar surface area (TPSA) is 72.2 Å². The van der Waals surface area contributed by atoms with Crippen molar-refractivity contribution in [1.29, 1.82) is 0 Å². The van der Waals surface area contributed by atoms with Crippen LogP contribution in [0.15, 0.2) is 0 Å². The SMILES string of the molecule is C[C@@H]1CC[C@H]2[C@@H](C)[C@](OCCN)(C(F)(F)F)O[C@@H]3O[C@]4(C)CC[C@@H]1[C@]32OO4. The summed E-state index contributed by atoms with van der Waals surface area (Å²) in [5.41, 5.74) is 4.36. The molecule has 0 radical (unpaired) electrons. The Hall–Kier alpha value is -0.450. The highest BCUT2D eigenvalue weighted by Gasteiger charge is 2.77. The van der Waals surface area contributed by atoms with E-state index in [2.05, 4.69) is 6.92 Å². The second-order valence-corrected chi connectivity index (χ2v) is 8.62. The summed E-state index contributed by atoms with van der Waals surface area (Å²) in [7, 11) is 0. The van der Waals surface area contributed by atoms with E-state index >= 15 is 0 Å². The Kier molecular flexibility index (Phi) is 4.61. The van der Waals surface area contributed by atoms with Gasteiger partial charge in [-0.15, -0.1) is 0 Å². The van der Waals surface area contributed by atoms with Gasteiger partial charge in [0, 0.05) is 24.8 Å². The molecule has 0 aromatic rings. The molecular weight excluding hydrogens is 367 g/mol. The summed E-state index contributed by atoms with van der Waals surface area (Å²) in [5.74, 6) is -5.11. The van der Waals surface area contributed by atoms with E-state index in [0.29, 0.717) is 12.8 Å². The van der Waals surface area contributed by atoms with Crippen LogP contribution in [0.5, 0.6) is 0 Å². The van der Waals surface area contributed by atoms with Gasteiger partial charge in [0.05, 0.1) is 6.61 Å². The predicted molar refractivity (Wildman–Crippen MR) is 86.8 cm³/mol. The third kappa shape index (κ3) is 2.62. The molecule has 1 spiro atoms. The van der Waals surface area contributed by atoms with Crippen molar-refractivity contribution in [3.8, 4) is 0 Å². The number of hydrogen-bond acceptors (Lipinski definition) is 6. The van der Waals surface area contributed by atoms with Crippen molar-refractivity contribution in [3.63, 3.8) is 0 Å². The highest BCUT2D eigenvalue weighted by molar-refractivity contribution is 5.12. The molecule has 0 unspecified atom stereocenters. The molecule has 5 aliphatic rings. The van der Waals surface area contributed by atoms with Crippen molar-refractivity contribution >= 4 is 0 Å². The first kappa shape index (κ1) is 19.8. The molecule has 4 heterocycles. The minimum Gasteiger partial charge on any atom is -0.341 e. The van der Waals surface area contributed by atoms with Crippen LogP contribution in [-0.4, -0.2) is 42.8 Å². The van der Waals surface area contributed by atoms with Crippen LogP contribution in [0.2, 0.25) is 0 Å². The monoisotopic (exact) mass is 395 g/mol. The molecule has 5 fully saturated rings. The number of halogens is 3. The van der Waals surface area contributed by atoms with Crippen molar-refractivity contribution in [1.82, 2.24) is 0 Å². The average Bonchev–Trinajstić information content (AvgIpc) is 2.82. The van der Waals surface area contributed by atoms with Crippen LogP contribution in [-0.2, 0) is 24.0 Å². The maximum Gasteiger partial charge on any atom is 0.443 e. The minimum absolute atomic E-state index is 0.00577. The molecule has 4 saturated heterocycles. The summed E-state index contributed by atoms with van der Waals surface area (Å²) in [6.07, 6.45) is -3.28. The van der Waals surface area contributed by atoms with E-state index < -0.39 is 41.5 Å². The van der Waals surface area contributed by atoms with Gasteiger partial charge in [-0.2, -0.15) is 13.2 Å². The molecule has 2 bridgehead atoms. The first-order valence-electron chi connectivity index (χ1n) is 9.73. The summed E-state index contributed by atoms with van der Waals surface area (Å²) >= 11 is 0. The second-order valence-electron chi connectivity index (χ2n) is 8.62. The molecule has 8 atom stereocenters. The third-order valence-electron chi connectivity index (χ3n) is 7.09. The lowest BCUT2D eigenvalue weighted by Gasteiger charge is -2.62. The Balaban J connectivity index is 1.82. The Morgan fingerprint density at radius 1 is 1.07 bits per heavy atom. The largest absolute Gasteiger partial charge is 0.443 e. The van der Waals surface area contributed by atoms with Gasteiger partial charge in [-0.1, -0.05) is 13.8 Å². The predicted octanol–water partition coefficient (Wildman–Crippen LogP) is 3.10. The van der Waals surface area contributed by atoms with Gasteiger partial charge in [0.1, 0.15) is 0 Å². The molecule has 156 valence electrons. The van der Waals surface area contributed by atoms with Gasteiger partial charge in [-0.3, -0.25) is 0 Å². The van der Waals surface area contributed by atoms with Crippen LogP contribution in [0.1, 0.15) is 46.5 Å². The van der Waals surface area contributed by atoms with E-state index in [4.69, 9.17) is 29.7 Å². The lowest BCUT2D eigenvalue weighted by molar-refractivity contribution is -0.598. The van der Waals surface area contributed by atoms with Crippen LogP contribution in [0.25, 0.3) is 0 Å². The summed E-state index contributed by atoms with van der Waals surface area (Å²) in [5, 5.41) is 0. The molecular formula is C18H28F3NO5. The highest BCUT2D eigenvalue weighted by Crippen LogP contribution is 2.64. The zero-order valence-electron chi connectivity index (χ0n) is 15.9. The van der Waals surface area contributed by atoms with Crippen molar-refractivity contribution < 1.29 is 37.2 Å². The van der Waals surface area contributed by atoms with Gasteiger partial charge in [-0.25, -0.2) is 9.78 Å². The van der Waals surface area contributed by atoms with E-state index in [-0.39, 0.29) is 25.0 Å². The van der Waals surface area contributed by atoms with E-state index in [9.17, 15) is 13.2 Å². The Morgan fingerprint density at radius 2 is 1.81 bits per heavy atom. The summed E-state index contributed by atoms with van der Waals surface area (Å²) in [6, 6.07) is 0. The number of hydrogen-bond donors (Lipinski definition) is 1. The fourth-order valence-corrected chi connectivity index (χ4v) is 5.70. The zero-order valence-corrected chi connectivity index (χ0v) is 15.9. The fraction of sp³-hybridized carbons (Fsp3) is 1.00. The van der Waals surface area contributed by atoms with E-state index in [1.807, 2.05) is 0 Å². The number of fused-ring (bicyclic) bond motifs is 2. The molecule has 0 amide bonds. The summed E-state index contributed by atoms with van der Waals surface area (Å²) < 4.78 is 59.7. The second kappa shape index (κ2) is 6.27. The Bertz CT molecular complexity index is 592. The van der Waals surface area contributed by atoms with Crippen LogP contribution in [0, 0.1) is 23.7 Å². The fourth-order valence-electron chi connectivity index (χ4n) is 5.70. The van der Waals surface area contributed by atoms with Crippen molar-refractivity contribution in [3.05, 3.63) is 0 Å². The number of ether oxygens (including phenoxy) is 3. The Morgan fingerprint density at radius 3 is 2.48 bits per heavy atom. The smallest absolute Gasteiger partial charge is 0.341 e. The highest BCUT2D eigenvalue weighted by atomic mass is 19.4. The van der Waals surface area contributed by atoms with Crippen LogP contribution >= 0.6 is 0 Å². The van der Waals surface area contributed by atoms with Gasteiger partial charge < -0.3 is 19.9 Å². The lowest BCUT2D eigenvalue weighted by atomic mass is 9.57. The van der Waals surface area contributed by atoms with E-state index in [1.54, 1.807) is 6.92 Å². The molecule has 1 aliphatic carbocycles. The average molecular weight is 395 g/mol. The van der Waals surface area contributed by atoms with Gasteiger partial charge in [0.15, 0.2) is 11.9 Å². The van der Waals surface area contributed by atoms with Crippen LogP contribution in [0.3, 0.4) is 0 Å². The summed E-state index contributed by atoms with van der Waals surface area (Å²) in [6.45, 7) is 5.01. The molecule has 0 aromatic heterocycles. The molecule has 4 aliphatic heterocycles. The molecule has 9 heteroatoms. The van der Waals surface area contributed by atoms with E-state index in [0.717, 1.165) is 12.8 Å². The van der Waals surface area contributed by atoms with E-state index in [1.165, 1.54) is 6.92 Å². The molecule has 27 heavy (non-hydrogen) atoms. The first-order valence-corrected chi connectivity index (χ1v) is 9.73. The van der Waals surface area contributed by atoms with Crippen molar-refractivity contribution in [2.75, 3.05) is 13.2 Å². The third-order valence-corrected chi connectivity index (χ3v) is 7.09. The van der Waals surface area contributed by atoms with Crippen molar-refractivity contribution in [2.24, 2.45) is 29.4 Å². The van der Waals surface area contributed by atoms with Crippen LogP contribution in [0.4, 0.5) is 13.2 Å². The van der Waals surface area contributed by atoms with Crippen molar-refractivity contribution in [2.45, 2.75) is 76.1 Å². The zero-order chi connectivity index (χ0) is 19.7. The standard InChI is InChI=1S/C18H28F3NO5/c1-10-4-5-13-11(2)17(18(19,20)21,23-9-8-22)25-14-16(13)12(10)6-7-15(3,24-14)26-27-16/h10-14H,4-9,22H2,1-3H3/t10-,11-,12+,13+,14+,15+,16-,17-/m1/s1. The lowest BCUT2D eigenvalue weighted by Crippen LogP contribution is -2.76. The number of alkyl halides is 3. The maximum absolute atomic E-state index is 14.2. The minimum atomic E-state index is -4.74. The molecule has 2 N–H and O–H groups in total.